The van der Waals surface area contributed by atoms with Crippen LogP contribution < -0.4 is 0 Å². The maximum atomic E-state index is 8.75. The van der Waals surface area contributed by atoms with Gasteiger partial charge in [-0.15, -0.1) is 0 Å². The molecule has 0 radical (unpaired) electrons. The van der Waals surface area contributed by atoms with E-state index in [1.54, 1.807) is 6.26 Å². The molecule has 110 valence electrons. The number of nitrogens with zero attached hydrogens (tertiary/aromatic N) is 1. The van der Waals surface area contributed by atoms with Gasteiger partial charge in [0.2, 0.25) is 0 Å². The van der Waals surface area contributed by atoms with Gasteiger partial charge in [-0.3, -0.25) is 4.90 Å². The highest BCUT2D eigenvalue weighted by atomic mass is 16.3. The third-order valence-electron chi connectivity index (χ3n) is 3.21. The fraction of sp³-hybridized carbons (Fsp3) is 0.333. The van der Waals surface area contributed by atoms with Gasteiger partial charge in [0.25, 0.3) is 0 Å². The SMILES string of the molecule is CCN(Cc1cccc(C#CCCO)c1)Cc1ccco1. The van der Waals surface area contributed by atoms with Gasteiger partial charge in [0.15, 0.2) is 0 Å². The zero-order chi connectivity index (χ0) is 14.9. The van der Waals surface area contributed by atoms with E-state index in [0.717, 1.165) is 31.0 Å². The van der Waals surface area contributed by atoms with Crippen LogP contribution in [0.1, 0.15) is 30.2 Å². The lowest BCUT2D eigenvalue weighted by Crippen LogP contribution is -2.22. The molecule has 0 bridgehead atoms. The maximum absolute atomic E-state index is 8.75. The molecule has 0 saturated heterocycles. The summed E-state index contributed by atoms with van der Waals surface area (Å²) in [5.74, 6) is 7.01. The lowest BCUT2D eigenvalue weighted by molar-refractivity contribution is 0.248. The van der Waals surface area contributed by atoms with E-state index in [9.17, 15) is 0 Å². The average Bonchev–Trinajstić information content (AvgIpc) is 3.00. The van der Waals surface area contributed by atoms with Gasteiger partial charge in [-0.2, -0.15) is 0 Å². The normalized spacial score (nSPS) is 10.4. The van der Waals surface area contributed by atoms with E-state index in [-0.39, 0.29) is 6.61 Å². The fourth-order valence-electron chi connectivity index (χ4n) is 2.13. The molecule has 1 aromatic heterocycles. The lowest BCUT2D eigenvalue weighted by atomic mass is 10.1. The molecule has 2 aromatic rings. The van der Waals surface area contributed by atoms with Crippen LogP contribution in [-0.2, 0) is 13.1 Å². The maximum Gasteiger partial charge on any atom is 0.117 e. The minimum absolute atomic E-state index is 0.111. The highest BCUT2D eigenvalue weighted by Crippen LogP contribution is 2.11. The summed E-state index contributed by atoms with van der Waals surface area (Å²) in [5.41, 5.74) is 2.23. The average molecular weight is 283 g/mol. The number of furan rings is 1. The van der Waals surface area contributed by atoms with E-state index < -0.39 is 0 Å². The van der Waals surface area contributed by atoms with Crippen LogP contribution in [0.5, 0.6) is 0 Å². The van der Waals surface area contributed by atoms with E-state index in [1.807, 2.05) is 24.3 Å². The molecule has 0 atom stereocenters. The Balaban J connectivity index is 2.00. The van der Waals surface area contributed by atoms with Crippen LogP contribution in [0, 0.1) is 11.8 Å². The molecule has 0 spiro atoms. The van der Waals surface area contributed by atoms with Crippen molar-refractivity contribution in [1.29, 1.82) is 0 Å². The highest BCUT2D eigenvalue weighted by molar-refractivity contribution is 5.37. The number of hydrogen-bond donors (Lipinski definition) is 1. The second-order valence-electron chi connectivity index (χ2n) is 4.86. The second-order valence-corrected chi connectivity index (χ2v) is 4.86. The van der Waals surface area contributed by atoms with Gasteiger partial charge in [0, 0.05) is 18.5 Å². The van der Waals surface area contributed by atoms with Crippen LogP contribution in [0.3, 0.4) is 0 Å². The van der Waals surface area contributed by atoms with Crippen molar-refractivity contribution in [3.05, 3.63) is 59.5 Å². The van der Waals surface area contributed by atoms with Crippen molar-refractivity contribution in [2.24, 2.45) is 0 Å². The first-order valence-corrected chi connectivity index (χ1v) is 7.25. The summed E-state index contributed by atoms with van der Waals surface area (Å²) in [4.78, 5) is 2.32. The predicted octanol–water partition coefficient (Wildman–Crippen LogP) is 3.04. The summed E-state index contributed by atoms with van der Waals surface area (Å²) in [6.45, 7) is 4.89. The molecule has 0 aliphatic rings. The van der Waals surface area contributed by atoms with Crippen molar-refractivity contribution in [3.63, 3.8) is 0 Å². The first kappa shape index (κ1) is 15.4. The largest absolute Gasteiger partial charge is 0.468 e. The summed E-state index contributed by atoms with van der Waals surface area (Å²) in [6.07, 6.45) is 2.23. The zero-order valence-electron chi connectivity index (χ0n) is 12.4. The van der Waals surface area contributed by atoms with Gasteiger partial charge in [-0.05, 0) is 36.4 Å². The van der Waals surface area contributed by atoms with Gasteiger partial charge >= 0.3 is 0 Å². The van der Waals surface area contributed by atoms with E-state index in [0.29, 0.717) is 6.42 Å². The second kappa shape index (κ2) is 8.31. The third kappa shape index (κ3) is 5.11. The molecule has 3 nitrogen and oxygen atoms in total. The first-order chi connectivity index (χ1) is 10.3. The molecule has 3 heteroatoms. The Morgan fingerprint density at radius 1 is 1.19 bits per heavy atom. The van der Waals surface area contributed by atoms with Gasteiger partial charge in [0.1, 0.15) is 5.76 Å². The molecule has 0 aliphatic heterocycles. The molecule has 0 aliphatic carbocycles. The predicted molar refractivity (Wildman–Crippen MR) is 83.5 cm³/mol. The molecule has 0 amide bonds. The van der Waals surface area contributed by atoms with Crippen LogP contribution >= 0.6 is 0 Å². The van der Waals surface area contributed by atoms with Crippen molar-refractivity contribution >= 4 is 0 Å². The van der Waals surface area contributed by atoms with Crippen molar-refractivity contribution in [2.75, 3.05) is 13.2 Å². The molecular weight excluding hydrogens is 262 g/mol. The van der Waals surface area contributed by atoms with Crippen molar-refractivity contribution in [3.8, 4) is 11.8 Å². The van der Waals surface area contributed by atoms with Crippen LogP contribution in [0.4, 0.5) is 0 Å². The van der Waals surface area contributed by atoms with Crippen LogP contribution in [-0.4, -0.2) is 23.2 Å². The van der Waals surface area contributed by atoms with Gasteiger partial charge < -0.3 is 9.52 Å². The van der Waals surface area contributed by atoms with Gasteiger partial charge in [-0.1, -0.05) is 30.9 Å². The quantitative estimate of drug-likeness (QED) is 0.828. The van der Waals surface area contributed by atoms with Crippen molar-refractivity contribution in [2.45, 2.75) is 26.4 Å². The van der Waals surface area contributed by atoms with E-state index in [2.05, 4.69) is 35.8 Å². The summed E-state index contributed by atoms with van der Waals surface area (Å²) in [5, 5.41) is 8.75. The molecule has 0 unspecified atom stereocenters. The Hall–Kier alpha value is -2.02. The number of hydrogen-bond acceptors (Lipinski definition) is 3. The highest BCUT2D eigenvalue weighted by Gasteiger charge is 2.06. The molecule has 1 N–H and O–H groups in total. The summed E-state index contributed by atoms with van der Waals surface area (Å²) >= 11 is 0. The smallest absolute Gasteiger partial charge is 0.117 e. The Labute approximate surface area is 126 Å². The molecule has 0 fully saturated rings. The van der Waals surface area contributed by atoms with Gasteiger partial charge in [-0.25, -0.2) is 0 Å². The number of benzene rings is 1. The molecule has 1 heterocycles. The molecule has 2 rings (SSSR count). The fourth-order valence-corrected chi connectivity index (χ4v) is 2.13. The summed E-state index contributed by atoms with van der Waals surface area (Å²) < 4.78 is 5.41. The molecular formula is C18H21NO2. The first-order valence-electron chi connectivity index (χ1n) is 7.25. The number of rotatable bonds is 6. The minimum atomic E-state index is 0.111. The van der Waals surface area contributed by atoms with E-state index in [4.69, 9.17) is 9.52 Å². The number of aliphatic hydroxyl groups excluding tert-OH is 1. The monoisotopic (exact) mass is 283 g/mol. The summed E-state index contributed by atoms with van der Waals surface area (Å²) in [7, 11) is 0. The van der Waals surface area contributed by atoms with Gasteiger partial charge in [0.05, 0.1) is 19.4 Å². The third-order valence-corrected chi connectivity index (χ3v) is 3.21. The van der Waals surface area contributed by atoms with Crippen LogP contribution in [0.2, 0.25) is 0 Å². The van der Waals surface area contributed by atoms with Crippen LogP contribution in [0.15, 0.2) is 47.1 Å². The van der Waals surface area contributed by atoms with Crippen LogP contribution in [0.25, 0.3) is 0 Å². The summed E-state index contributed by atoms with van der Waals surface area (Å²) in [6, 6.07) is 12.2. The van der Waals surface area contributed by atoms with Crippen molar-refractivity contribution < 1.29 is 9.52 Å². The Morgan fingerprint density at radius 2 is 2.10 bits per heavy atom. The van der Waals surface area contributed by atoms with Crippen molar-refractivity contribution in [1.82, 2.24) is 4.90 Å². The number of aliphatic hydroxyl groups is 1. The molecule has 21 heavy (non-hydrogen) atoms. The standard InChI is InChI=1S/C18H21NO2/c1-2-19(15-18-10-6-12-21-18)14-17-9-5-8-16(13-17)7-3-4-11-20/h5-6,8-10,12-13,20H,2,4,11,14-15H2,1H3. The zero-order valence-corrected chi connectivity index (χ0v) is 12.4. The molecule has 0 saturated carbocycles. The minimum Gasteiger partial charge on any atom is -0.468 e. The van der Waals surface area contributed by atoms with E-state index >= 15 is 0 Å². The lowest BCUT2D eigenvalue weighted by Gasteiger charge is -2.19. The Kier molecular flexibility index (Phi) is 6.08. The topological polar surface area (TPSA) is 36.6 Å². The Morgan fingerprint density at radius 3 is 2.81 bits per heavy atom. The Bertz CT molecular complexity index is 593. The van der Waals surface area contributed by atoms with E-state index in [1.165, 1.54) is 5.56 Å². The molecule has 1 aromatic carbocycles.